The van der Waals surface area contributed by atoms with Crippen molar-refractivity contribution >= 4 is 28.4 Å². The highest BCUT2D eigenvalue weighted by molar-refractivity contribution is 6.04. The standard InChI is InChI=1S/C36H33FN4O2/c1-23-11-13-25(14-12-23)33-32(30-9-5-6-10-31(30)38-33)34-28-7-3-4-8-29(28)36(43)41(34)24(2)35(42)40-21-19-39(20-22-40)27-17-15-26(37)16-18-27/h3-18,24,34,38H,19-22H2,1-2H3. The van der Waals surface area contributed by atoms with Gasteiger partial charge in [-0.15, -0.1) is 0 Å². The summed E-state index contributed by atoms with van der Waals surface area (Å²) in [5.41, 5.74) is 7.62. The van der Waals surface area contributed by atoms with Crippen LogP contribution in [0.2, 0.25) is 0 Å². The summed E-state index contributed by atoms with van der Waals surface area (Å²) in [5.74, 6) is -0.467. The van der Waals surface area contributed by atoms with E-state index >= 15 is 0 Å². The number of aromatic amines is 1. The summed E-state index contributed by atoms with van der Waals surface area (Å²) in [6.45, 7) is 6.26. The molecule has 2 amide bonds. The molecule has 2 unspecified atom stereocenters. The Balaban J connectivity index is 1.25. The Kier molecular flexibility index (Phi) is 6.73. The molecule has 7 rings (SSSR count). The normalized spacial score (nSPS) is 17.4. The first kappa shape index (κ1) is 27.0. The first-order valence-electron chi connectivity index (χ1n) is 14.8. The molecule has 2 aliphatic heterocycles. The largest absolute Gasteiger partial charge is 0.368 e. The third-order valence-corrected chi connectivity index (χ3v) is 8.92. The van der Waals surface area contributed by atoms with Gasteiger partial charge in [-0.1, -0.05) is 66.2 Å². The maximum Gasteiger partial charge on any atom is 0.255 e. The van der Waals surface area contributed by atoms with Gasteiger partial charge in [0.15, 0.2) is 0 Å². The number of hydrogen-bond donors (Lipinski definition) is 1. The third kappa shape index (κ3) is 4.65. The average Bonchev–Trinajstić information content (AvgIpc) is 3.56. The molecular weight excluding hydrogens is 539 g/mol. The van der Waals surface area contributed by atoms with Crippen LogP contribution >= 0.6 is 0 Å². The number of hydrogen-bond acceptors (Lipinski definition) is 3. The van der Waals surface area contributed by atoms with Crippen LogP contribution in [0.4, 0.5) is 10.1 Å². The Hall–Kier alpha value is -4.91. The second kappa shape index (κ2) is 10.7. The number of piperazine rings is 1. The Labute approximate surface area is 250 Å². The fourth-order valence-electron chi connectivity index (χ4n) is 6.65. The van der Waals surface area contributed by atoms with Crippen molar-refractivity contribution in [3.8, 4) is 11.3 Å². The highest BCUT2D eigenvalue weighted by Gasteiger charge is 2.45. The number of aromatic nitrogens is 1. The van der Waals surface area contributed by atoms with Crippen LogP contribution in [0.1, 0.15) is 40.0 Å². The molecule has 2 atom stereocenters. The lowest BCUT2D eigenvalue weighted by Gasteiger charge is -2.39. The number of H-pyrrole nitrogens is 1. The molecule has 7 heteroatoms. The van der Waals surface area contributed by atoms with E-state index in [9.17, 15) is 14.0 Å². The highest BCUT2D eigenvalue weighted by Crippen LogP contribution is 2.46. The van der Waals surface area contributed by atoms with E-state index in [0.29, 0.717) is 31.7 Å². The maximum atomic E-state index is 14.1. The van der Waals surface area contributed by atoms with Gasteiger partial charge in [-0.3, -0.25) is 9.59 Å². The second-order valence-corrected chi connectivity index (χ2v) is 11.5. The van der Waals surface area contributed by atoms with Gasteiger partial charge in [0.1, 0.15) is 11.9 Å². The van der Waals surface area contributed by atoms with E-state index in [1.807, 2.05) is 48.2 Å². The van der Waals surface area contributed by atoms with Gasteiger partial charge in [-0.25, -0.2) is 4.39 Å². The summed E-state index contributed by atoms with van der Waals surface area (Å²) < 4.78 is 13.4. The van der Waals surface area contributed by atoms with Gasteiger partial charge in [0.25, 0.3) is 5.91 Å². The average molecular weight is 573 g/mol. The number of benzene rings is 4. The van der Waals surface area contributed by atoms with Crippen molar-refractivity contribution in [3.05, 3.63) is 125 Å². The monoisotopic (exact) mass is 572 g/mol. The molecule has 0 saturated carbocycles. The molecule has 1 fully saturated rings. The zero-order valence-electron chi connectivity index (χ0n) is 24.3. The van der Waals surface area contributed by atoms with Crippen LogP contribution in [0.5, 0.6) is 0 Å². The van der Waals surface area contributed by atoms with Crippen molar-refractivity contribution in [2.24, 2.45) is 0 Å². The summed E-state index contributed by atoms with van der Waals surface area (Å²) in [5, 5.41) is 1.03. The zero-order valence-corrected chi connectivity index (χ0v) is 24.3. The number of para-hydroxylation sites is 1. The smallest absolute Gasteiger partial charge is 0.255 e. The van der Waals surface area contributed by atoms with Crippen molar-refractivity contribution < 1.29 is 14.0 Å². The topological polar surface area (TPSA) is 59.7 Å². The molecule has 6 nitrogen and oxygen atoms in total. The van der Waals surface area contributed by atoms with Crippen molar-refractivity contribution in [3.63, 3.8) is 0 Å². The molecule has 4 aromatic carbocycles. The minimum atomic E-state index is -0.679. The molecule has 0 radical (unpaired) electrons. The summed E-state index contributed by atoms with van der Waals surface area (Å²) >= 11 is 0. The van der Waals surface area contributed by atoms with Crippen molar-refractivity contribution in [1.29, 1.82) is 0 Å². The number of halogens is 1. The summed E-state index contributed by atoms with van der Waals surface area (Å²) in [6, 6.07) is 29.6. The number of carbonyl (C=O) groups is 2. The fourth-order valence-corrected chi connectivity index (χ4v) is 6.65. The van der Waals surface area contributed by atoms with Gasteiger partial charge in [0, 0.05) is 53.9 Å². The van der Waals surface area contributed by atoms with Crippen LogP contribution in [0, 0.1) is 12.7 Å². The van der Waals surface area contributed by atoms with Crippen LogP contribution in [-0.2, 0) is 4.79 Å². The van der Waals surface area contributed by atoms with Crippen LogP contribution in [-0.4, -0.2) is 58.8 Å². The summed E-state index contributed by atoms with van der Waals surface area (Å²) in [6.07, 6.45) is 0. The molecule has 2 aliphatic rings. The molecular formula is C36H33FN4O2. The molecule has 1 saturated heterocycles. The quantitative estimate of drug-likeness (QED) is 0.259. The third-order valence-electron chi connectivity index (χ3n) is 8.92. The molecule has 5 aromatic rings. The minimum Gasteiger partial charge on any atom is -0.368 e. The van der Waals surface area contributed by atoms with Gasteiger partial charge in [-0.05, 0) is 61.4 Å². The first-order chi connectivity index (χ1) is 20.9. The number of nitrogens with one attached hydrogen (secondary N) is 1. The van der Waals surface area contributed by atoms with E-state index < -0.39 is 12.1 Å². The molecule has 43 heavy (non-hydrogen) atoms. The van der Waals surface area contributed by atoms with E-state index in [-0.39, 0.29) is 17.6 Å². The molecule has 3 heterocycles. The van der Waals surface area contributed by atoms with Crippen LogP contribution in [0.3, 0.4) is 0 Å². The van der Waals surface area contributed by atoms with E-state index in [2.05, 4.69) is 53.2 Å². The Morgan fingerprint density at radius 1 is 0.860 bits per heavy atom. The van der Waals surface area contributed by atoms with Crippen LogP contribution < -0.4 is 4.90 Å². The summed E-state index contributed by atoms with van der Waals surface area (Å²) in [7, 11) is 0. The number of carbonyl (C=O) groups excluding carboxylic acids is 2. The zero-order chi connectivity index (χ0) is 29.7. The second-order valence-electron chi connectivity index (χ2n) is 11.5. The van der Waals surface area contributed by atoms with Crippen molar-refractivity contribution in [2.45, 2.75) is 25.9 Å². The number of amides is 2. The van der Waals surface area contributed by atoms with Gasteiger partial charge in [0.05, 0.1) is 11.7 Å². The van der Waals surface area contributed by atoms with Gasteiger partial charge < -0.3 is 19.7 Å². The predicted octanol–water partition coefficient (Wildman–Crippen LogP) is 6.56. The Morgan fingerprint density at radius 3 is 2.28 bits per heavy atom. The Bertz CT molecular complexity index is 1820. The van der Waals surface area contributed by atoms with Gasteiger partial charge in [0.2, 0.25) is 5.91 Å². The first-order valence-corrected chi connectivity index (χ1v) is 14.8. The van der Waals surface area contributed by atoms with E-state index in [0.717, 1.165) is 39.0 Å². The number of aryl methyl sites for hydroxylation is 1. The lowest BCUT2D eigenvalue weighted by Crippen LogP contribution is -2.55. The fraction of sp³-hybridized carbons (Fsp3) is 0.222. The number of fused-ring (bicyclic) bond motifs is 2. The lowest BCUT2D eigenvalue weighted by atomic mass is 9.92. The molecule has 0 spiro atoms. The maximum absolute atomic E-state index is 14.1. The molecule has 1 aromatic heterocycles. The number of rotatable bonds is 5. The lowest BCUT2D eigenvalue weighted by molar-refractivity contribution is -0.136. The van der Waals surface area contributed by atoms with Crippen LogP contribution in [0.15, 0.2) is 97.1 Å². The summed E-state index contributed by atoms with van der Waals surface area (Å²) in [4.78, 5) is 37.7. The van der Waals surface area contributed by atoms with E-state index in [1.54, 1.807) is 17.0 Å². The van der Waals surface area contributed by atoms with Crippen molar-refractivity contribution in [1.82, 2.24) is 14.8 Å². The molecule has 1 N–H and O–H groups in total. The molecule has 0 aliphatic carbocycles. The molecule has 216 valence electrons. The molecule has 0 bridgehead atoms. The predicted molar refractivity (Wildman–Crippen MR) is 168 cm³/mol. The number of anilines is 1. The van der Waals surface area contributed by atoms with E-state index in [4.69, 9.17) is 0 Å². The van der Waals surface area contributed by atoms with Gasteiger partial charge >= 0.3 is 0 Å². The Morgan fingerprint density at radius 2 is 1.53 bits per heavy atom. The SMILES string of the molecule is Cc1ccc(-c2[nH]c3ccccc3c2C2c3ccccc3C(=O)N2C(C)C(=O)N2CCN(c3ccc(F)cc3)CC2)cc1. The van der Waals surface area contributed by atoms with Crippen molar-refractivity contribution in [2.75, 3.05) is 31.1 Å². The minimum absolute atomic E-state index is 0.0679. The van der Waals surface area contributed by atoms with E-state index in [1.165, 1.54) is 17.7 Å². The number of nitrogens with zero attached hydrogens (tertiary/aromatic N) is 3. The van der Waals surface area contributed by atoms with Crippen LogP contribution in [0.25, 0.3) is 22.2 Å². The highest BCUT2D eigenvalue weighted by atomic mass is 19.1. The van der Waals surface area contributed by atoms with Gasteiger partial charge in [-0.2, -0.15) is 0 Å².